The van der Waals surface area contributed by atoms with E-state index in [4.69, 9.17) is 9.47 Å². The molecule has 0 amide bonds. The highest BCUT2D eigenvalue weighted by atomic mass is 127. The number of aliphatic hydroxyl groups excluding tert-OH is 1. The zero-order valence-corrected chi connectivity index (χ0v) is 13.0. The number of aromatic nitrogens is 2. The van der Waals surface area contributed by atoms with Crippen LogP contribution in [0.3, 0.4) is 0 Å². The van der Waals surface area contributed by atoms with Gasteiger partial charge in [-0.25, -0.2) is 9.37 Å². The van der Waals surface area contributed by atoms with E-state index in [0.717, 1.165) is 0 Å². The van der Waals surface area contributed by atoms with Crippen molar-refractivity contribution in [3.8, 4) is 11.8 Å². The lowest BCUT2D eigenvalue weighted by molar-refractivity contribution is 0.205. The molecule has 0 spiro atoms. The van der Waals surface area contributed by atoms with E-state index in [1.807, 2.05) is 22.6 Å². The van der Waals surface area contributed by atoms with Gasteiger partial charge in [-0.15, -0.1) is 0 Å². The molecule has 0 radical (unpaired) electrons. The lowest BCUT2D eigenvalue weighted by Gasteiger charge is -2.15. The van der Waals surface area contributed by atoms with Crippen LogP contribution in [0.25, 0.3) is 0 Å². The number of methoxy groups -OCH3 is 2. The molecular weight excluding hydrogens is 378 g/mol. The minimum atomic E-state index is -1.06. The standard InChI is InChI=1S/C13H12FIN2O3/c1-19-10-6-16-11(13(17-10)20-2)12(18)8-4-3-7(14)5-9(8)15/h3-6,12,18H,1-2H3. The van der Waals surface area contributed by atoms with Crippen molar-refractivity contribution in [2.75, 3.05) is 14.2 Å². The number of aliphatic hydroxyl groups is 1. The highest BCUT2D eigenvalue weighted by molar-refractivity contribution is 14.1. The number of ether oxygens (including phenoxy) is 2. The second-order valence-electron chi connectivity index (χ2n) is 3.88. The first-order chi connectivity index (χ1) is 9.56. The van der Waals surface area contributed by atoms with Crippen molar-refractivity contribution in [1.29, 1.82) is 0 Å². The highest BCUT2D eigenvalue weighted by Gasteiger charge is 2.21. The Bertz CT molecular complexity index is 625. The quantitative estimate of drug-likeness (QED) is 0.812. The maximum absolute atomic E-state index is 13.1. The van der Waals surface area contributed by atoms with Gasteiger partial charge in [0.2, 0.25) is 11.8 Å². The molecular formula is C13H12FIN2O3. The molecule has 5 nitrogen and oxygen atoms in total. The van der Waals surface area contributed by atoms with Gasteiger partial charge in [-0.1, -0.05) is 6.07 Å². The predicted octanol–water partition coefficient (Wildman–Crippen LogP) is 2.32. The third-order valence-electron chi connectivity index (χ3n) is 2.66. The van der Waals surface area contributed by atoms with Gasteiger partial charge in [0, 0.05) is 9.13 Å². The summed E-state index contributed by atoms with van der Waals surface area (Å²) in [5.41, 5.74) is 0.780. The summed E-state index contributed by atoms with van der Waals surface area (Å²) in [6.07, 6.45) is 0.327. The molecule has 1 atom stereocenters. The zero-order valence-electron chi connectivity index (χ0n) is 10.8. The average molecular weight is 390 g/mol. The van der Waals surface area contributed by atoms with Gasteiger partial charge in [-0.2, -0.15) is 4.98 Å². The number of halogens is 2. The number of rotatable bonds is 4. The minimum absolute atomic E-state index is 0.164. The van der Waals surface area contributed by atoms with Gasteiger partial charge in [0.05, 0.1) is 20.4 Å². The summed E-state index contributed by atoms with van der Waals surface area (Å²) < 4.78 is 23.7. The van der Waals surface area contributed by atoms with E-state index in [9.17, 15) is 9.50 Å². The van der Waals surface area contributed by atoms with Crippen molar-refractivity contribution in [3.05, 3.63) is 45.0 Å². The van der Waals surface area contributed by atoms with Crippen LogP contribution in [-0.4, -0.2) is 29.3 Å². The molecule has 0 aliphatic carbocycles. The van der Waals surface area contributed by atoms with E-state index in [0.29, 0.717) is 9.13 Å². The van der Waals surface area contributed by atoms with Crippen LogP contribution in [0.4, 0.5) is 4.39 Å². The van der Waals surface area contributed by atoms with Gasteiger partial charge in [0.25, 0.3) is 0 Å². The molecule has 1 heterocycles. The highest BCUT2D eigenvalue weighted by Crippen LogP contribution is 2.30. The number of nitrogens with zero attached hydrogens (tertiary/aromatic N) is 2. The van der Waals surface area contributed by atoms with E-state index in [2.05, 4.69) is 9.97 Å². The molecule has 0 bridgehead atoms. The molecule has 1 aromatic heterocycles. The average Bonchev–Trinajstić information content (AvgIpc) is 2.46. The summed E-state index contributed by atoms with van der Waals surface area (Å²) in [5, 5.41) is 10.4. The van der Waals surface area contributed by atoms with Crippen LogP contribution in [0.15, 0.2) is 24.4 Å². The van der Waals surface area contributed by atoms with Crippen molar-refractivity contribution in [2.24, 2.45) is 0 Å². The van der Waals surface area contributed by atoms with Crippen LogP contribution in [0.5, 0.6) is 11.8 Å². The van der Waals surface area contributed by atoms with Gasteiger partial charge < -0.3 is 14.6 Å². The molecule has 2 rings (SSSR count). The third-order valence-corrected chi connectivity index (χ3v) is 3.60. The molecule has 1 aromatic carbocycles. The maximum atomic E-state index is 13.1. The summed E-state index contributed by atoms with van der Waals surface area (Å²) in [7, 11) is 2.89. The van der Waals surface area contributed by atoms with Gasteiger partial charge in [-0.3, -0.25) is 0 Å². The summed E-state index contributed by atoms with van der Waals surface area (Å²) >= 11 is 1.95. The molecule has 0 aliphatic rings. The Morgan fingerprint density at radius 2 is 2.05 bits per heavy atom. The first kappa shape index (κ1) is 14.9. The Morgan fingerprint density at radius 3 is 2.65 bits per heavy atom. The fourth-order valence-corrected chi connectivity index (χ4v) is 2.45. The van der Waals surface area contributed by atoms with Crippen molar-refractivity contribution >= 4 is 22.6 Å². The molecule has 0 saturated carbocycles. The van der Waals surface area contributed by atoms with Crippen molar-refractivity contribution in [1.82, 2.24) is 9.97 Å². The Labute approximate surface area is 128 Å². The van der Waals surface area contributed by atoms with Gasteiger partial charge in [0.1, 0.15) is 17.6 Å². The normalized spacial score (nSPS) is 12.1. The lowest BCUT2D eigenvalue weighted by Crippen LogP contribution is -2.08. The Balaban J connectivity index is 2.44. The van der Waals surface area contributed by atoms with Crippen molar-refractivity contribution < 1.29 is 19.0 Å². The Morgan fingerprint density at radius 1 is 1.30 bits per heavy atom. The molecule has 2 aromatic rings. The number of hydrogen-bond donors (Lipinski definition) is 1. The van der Waals surface area contributed by atoms with Gasteiger partial charge >= 0.3 is 0 Å². The molecule has 0 saturated heterocycles. The van der Waals surface area contributed by atoms with E-state index in [1.165, 1.54) is 38.6 Å². The SMILES string of the molecule is COc1cnc(C(O)c2ccc(F)cc2I)c(OC)n1. The van der Waals surface area contributed by atoms with Crippen LogP contribution in [0.1, 0.15) is 17.4 Å². The van der Waals surface area contributed by atoms with Crippen molar-refractivity contribution in [3.63, 3.8) is 0 Å². The van der Waals surface area contributed by atoms with E-state index < -0.39 is 6.10 Å². The molecule has 1 N–H and O–H groups in total. The summed E-state index contributed by atoms with van der Waals surface area (Å²) in [6, 6.07) is 4.12. The van der Waals surface area contributed by atoms with Crippen LogP contribution in [-0.2, 0) is 0 Å². The fraction of sp³-hybridized carbons (Fsp3) is 0.231. The van der Waals surface area contributed by atoms with E-state index >= 15 is 0 Å². The van der Waals surface area contributed by atoms with Crippen LogP contribution < -0.4 is 9.47 Å². The van der Waals surface area contributed by atoms with Crippen molar-refractivity contribution in [2.45, 2.75) is 6.10 Å². The Kier molecular flexibility index (Phi) is 4.71. The molecule has 0 fully saturated rings. The fourth-order valence-electron chi connectivity index (χ4n) is 1.67. The summed E-state index contributed by atoms with van der Waals surface area (Å²) in [6.45, 7) is 0. The molecule has 20 heavy (non-hydrogen) atoms. The lowest BCUT2D eigenvalue weighted by atomic mass is 10.1. The monoisotopic (exact) mass is 390 g/mol. The van der Waals surface area contributed by atoms with Gasteiger partial charge in [0.15, 0.2) is 0 Å². The van der Waals surface area contributed by atoms with Gasteiger partial charge in [-0.05, 0) is 34.7 Å². The maximum Gasteiger partial charge on any atom is 0.241 e. The first-order valence-electron chi connectivity index (χ1n) is 5.64. The second kappa shape index (κ2) is 6.31. The summed E-state index contributed by atoms with van der Waals surface area (Å²) in [5.74, 6) is 0.0849. The van der Waals surface area contributed by atoms with Crippen LogP contribution >= 0.6 is 22.6 Å². The third kappa shape index (κ3) is 2.98. The van der Waals surface area contributed by atoms with Crippen LogP contribution in [0.2, 0.25) is 0 Å². The predicted molar refractivity (Wildman–Crippen MR) is 78.3 cm³/mol. The number of benzene rings is 1. The minimum Gasteiger partial charge on any atom is -0.480 e. The Hall–Kier alpha value is -1.48. The summed E-state index contributed by atoms with van der Waals surface area (Å²) in [4.78, 5) is 8.16. The molecule has 7 heteroatoms. The van der Waals surface area contributed by atoms with E-state index in [1.54, 1.807) is 0 Å². The smallest absolute Gasteiger partial charge is 0.241 e. The zero-order chi connectivity index (χ0) is 14.7. The second-order valence-corrected chi connectivity index (χ2v) is 5.04. The largest absolute Gasteiger partial charge is 0.480 e. The topological polar surface area (TPSA) is 64.5 Å². The molecule has 106 valence electrons. The number of hydrogen-bond acceptors (Lipinski definition) is 5. The molecule has 1 unspecified atom stereocenters. The van der Waals surface area contributed by atoms with E-state index in [-0.39, 0.29) is 23.3 Å². The molecule has 0 aliphatic heterocycles. The van der Waals surface area contributed by atoms with Crippen LogP contribution in [0, 0.1) is 9.39 Å². The first-order valence-corrected chi connectivity index (χ1v) is 6.72.